The highest BCUT2D eigenvalue weighted by Gasteiger charge is 2.22. The van der Waals surface area contributed by atoms with Gasteiger partial charge in [-0.05, 0) is 50.1 Å². The van der Waals surface area contributed by atoms with Gasteiger partial charge in [-0.25, -0.2) is 4.79 Å². The number of carbonyl (C=O) groups is 1. The Bertz CT molecular complexity index is 990. The van der Waals surface area contributed by atoms with E-state index in [0.29, 0.717) is 18.5 Å². The molecule has 1 aromatic carbocycles. The molecular formula is C16H21N3O2. The van der Waals surface area contributed by atoms with E-state index >= 15 is 0 Å². The number of rotatable bonds is 5. The van der Waals surface area contributed by atoms with E-state index in [1.165, 1.54) is 0 Å². The summed E-state index contributed by atoms with van der Waals surface area (Å²) < 4.78 is 70.4. The van der Waals surface area contributed by atoms with E-state index in [4.69, 9.17) is 11.0 Å². The van der Waals surface area contributed by atoms with Crippen LogP contribution in [0, 0.1) is 0 Å². The van der Waals surface area contributed by atoms with Gasteiger partial charge in [-0.3, -0.25) is 0 Å². The van der Waals surface area contributed by atoms with E-state index in [9.17, 15) is 4.79 Å². The van der Waals surface area contributed by atoms with Crippen molar-refractivity contribution in [1.82, 2.24) is 15.2 Å². The molecule has 1 aromatic heterocycles. The van der Waals surface area contributed by atoms with E-state index in [1.54, 1.807) is 6.20 Å². The summed E-state index contributed by atoms with van der Waals surface area (Å²) in [4.78, 5) is 16.3. The van der Waals surface area contributed by atoms with Gasteiger partial charge in [-0.2, -0.15) is 0 Å². The molecule has 1 aliphatic heterocycles. The first-order valence-corrected chi connectivity index (χ1v) is 6.50. The Hall–Kier alpha value is -2.01. The van der Waals surface area contributed by atoms with Crippen molar-refractivity contribution in [3.05, 3.63) is 35.5 Å². The minimum Gasteiger partial charge on any atom is -0.447 e. The normalized spacial score (nSPS) is 30.3. The van der Waals surface area contributed by atoms with Crippen LogP contribution in [-0.2, 0) is 17.5 Å². The van der Waals surface area contributed by atoms with Gasteiger partial charge in [0.25, 0.3) is 0 Å². The number of nitrogens with zero attached hydrogens (tertiary/aromatic N) is 1. The summed E-state index contributed by atoms with van der Waals surface area (Å²) in [5.41, 5.74) is 0.186. The van der Waals surface area contributed by atoms with Crippen LogP contribution in [0.25, 0.3) is 10.9 Å². The molecule has 5 heteroatoms. The second kappa shape index (κ2) is 5.77. The molecule has 0 unspecified atom stereocenters. The molecule has 1 fully saturated rings. The van der Waals surface area contributed by atoms with Crippen molar-refractivity contribution in [1.29, 1.82) is 0 Å². The molecule has 5 nitrogen and oxygen atoms in total. The number of carbonyl (C=O) groups excluding carboxylic acids is 1. The number of fused-ring (bicyclic) bond motifs is 1. The summed E-state index contributed by atoms with van der Waals surface area (Å²) >= 11 is 0. The molecule has 0 saturated carbocycles. The number of H-pyrrole nitrogens is 1. The average molecular weight is 295 g/mol. The third-order valence-corrected chi connectivity index (χ3v) is 3.08. The first-order valence-electron chi connectivity index (χ1n) is 10.5. The van der Waals surface area contributed by atoms with Crippen molar-refractivity contribution in [3.8, 4) is 0 Å². The summed E-state index contributed by atoms with van der Waals surface area (Å²) in [5.74, 6) is 0. The quantitative estimate of drug-likeness (QED) is 0.886. The number of aromatic amines is 1. The van der Waals surface area contributed by atoms with Gasteiger partial charge in [0, 0.05) is 26.4 Å². The highest BCUT2D eigenvalue weighted by molar-refractivity contribution is 5.84. The van der Waals surface area contributed by atoms with Crippen LogP contribution in [0.5, 0.6) is 0 Å². The molecule has 1 saturated heterocycles. The van der Waals surface area contributed by atoms with Crippen LogP contribution in [0.1, 0.15) is 22.1 Å². The number of ether oxygens (including phenoxy) is 1. The largest absolute Gasteiger partial charge is 0.447 e. The number of hydrogen-bond acceptors (Lipinski definition) is 3. The maximum Gasteiger partial charge on any atom is 0.407 e. The summed E-state index contributed by atoms with van der Waals surface area (Å²) in [5, 5.41) is 2.08. The number of hydrogen-bond donors (Lipinski definition) is 2. The molecule has 21 heavy (non-hydrogen) atoms. The van der Waals surface area contributed by atoms with Gasteiger partial charge >= 0.3 is 6.09 Å². The van der Waals surface area contributed by atoms with Gasteiger partial charge in [0.15, 0.2) is 0 Å². The monoisotopic (exact) mass is 295 g/mol. The van der Waals surface area contributed by atoms with E-state index in [-0.39, 0.29) is 16.9 Å². The van der Waals surface area contributed by atoms with E-state index in [0.717, 1.165) is 0 Å². The Labute approximate surface area is 135 Å². The molecule has 0 bridgehead atoms. The predicted molar refractivity (Wildman–Crippen MR) is 82.5 cm³/mol. The van der Waals surface area contributed by atoms with Crippen molar-refractivity contribution >= 4 is 17.0 Å². The summed E-state index contributed by atoms with van der Waals surface area (Å²) in [6, 6.07) is -4.41. The first-order chi connectivity index (χ1) is 13.2. The maximum atomic E-state index is 11.6. The Kier molecular flexibility index (Phi) is 2.01. The third-order valence-electron chi connectivity index (χ3n) is 3.08. The molecule has 2 heterocycles. The number of benzene rings is 1. The van der Waals surface area contributed by atoms with Crippen LogP contribution in [0.15, 0.2) is 24.3 Å². The molecule has 3 rings (SSSR count). The van der Waals surface area contributed by atoms with Gasteiger partial charge in [0.05, 0.1) is 14.2 Å². The number of cyclic esters (lactones) is 1. The minimum absolute atomic E-state index is 0.196. The minimum atomic E-state index is -3.06. The first kappa shape index (κ1) is 7.31. The van der Waals surface area contributed by atoms with Gasteiger partial charge in [0.2, 0.25) is 0 Å². The fourth-order valence-electron chi connectivity index (χ4n) is 2.02. The van der Waals surface area contributed by atoms with Crippen molar-refractivity contribution in [3.63, 3.8) is 0 Å². The average Bonchev–Trinajstić information content (AvgIpc) is 3.09. The van der Waals surface area contributed by atoms with Gasteiger partial charge in [0.1, 0.15) is 6.56 Å². The highest BCUT2D eigenvalue weighted by Crippen LogP contribution is 2.21. The molecular weight excluding hydrogens is 266 g/mol. The van der Waals surface area contributed by atoms with Crippen LogP contribution in [0.3, 0.4) is 0 Å². The molecule has 112 valence electrons. The number of alkyl carbamates (subject to hydrolysis) is 1. The fourth-order valence-corrected chi connectivity index (χ4v) is 2.02. The van der Waals surface area contributed by atoms with Gasteiger partial charge in [-0.15, -0.1) is 0 Å². The third kappa shape index (κ3) is 3.19. The number of amides is 1. The summed E-state index contributed by atoms with van der Waals surface area (Å²) in [7, 11) is 3.74. The highest BCUT2D eigenvalue weighted by atomic mass is 16.6. The second-order valence-corrected chi connectivity index (χ2v) is 4.98. The van der Waals surface area contributed by atoms with E-state index in [1.807, 2.05) is 24.3 Å². The second-order valence-electron chi connectivity index (χ2n) is 4.98. The molecule has 1 aliphatic rings. The zero-order valence-electron chi connectivity index (χ0n) is 19.8. The zero-order valence-corrected chi connectivity index (χ0v) is 11.8. The predicted octanol–water partition coefficient (Wildman–Crippen LogP) is 1.92. The standard InChI is InChI=1S/C16H21N3O2/c1-19(2)6-5-12-9-17-15-4-3-11(8-14(12)15)7-13-10-21-16(20)18-13/h3-4,8-9,13,17H,5-7,10H2,1-2H3,(H,18,20)/t13-/m0/s1/i3D,4D,7D2,8D,10D2,13D. The fraction of sp³-hybridized carbons (Fsp3) is 0.438. The zero-order chi connectivity index (χ0) is 21.9. The van der Waals surface area contributed by atoms with Crippen molar-refractivity contribution < 1.29 is 20.5 Å². The van der Waals surface area contributed by atoms with Gasteiger partial charge in [-0.1, -0.05) is 6.04 Å². The van der Waals surface area contributed by atoms with Gasteiger partial charge < -0.3 is 19.9 Å². The summed E-state index contributed by atoms with van der Waals surface area (Å²) in [6.45, 7) is -2.44. The van der Waals surface area contributed by atoms with Crippen LogP contribution >= 0.6 is 0 Å². The SMILES string of the molecule is [2H]c1c(C([2H])([2H])[C@]2([2H])NC(=O)OC2([2H])[2H])c([2H])c2c(CCN(C)C)c[nH]c2c1[2H]. The lowest BCUT2D eigenvalue weighted by molar-refractivity contribution is 0.177. The number of likely N-dealkylation sites (N-methyl/N-ethyl adjacent to an activating group) is 1. The van der Waals surface area contributed by atoms with Crippen LogP contribution in [-0.4, -0.2) is 49.2 Å². The molecule has 1 atom stereocenters. The smallest absolute Gasteiger partial charge is 0.407 e. The molecule has 2 N–H and O–H groups in total. The van der Waals surface area contributed by atoms with Crippen molar-refractivity contribution in [2.75, 3.05) is 27.2 Å². The lowest BCUT2D eigenvalue weighted by Gasteiger charge is -2.09. The Morgan fingerprint density at radius 1 is 1.62 bits per heavy atom. The Balaban J connectivity index is 2.26. The molecule has 0 spiro atoms. The molecule has 0 radical (unpaired) electrons. The van der Waals surface area contributed by atoms with Crippen molar-refractivity contribution in [2.45, 2.75) is 18.8 Å². The topological polar surface area (TPSA) is 57.4 Å². The van der Waals surface area contributed by atoms with Crippen molar-refractivity contribution in [2.24, 2.45) is 0 Å². The lowest BCUT2D eigenvalue weighted by Crippen LogP contribution is -2.28. The Morgan fingerprint density at radius 2 is 2.48 bits per heavy atom. The van der Waals surface area contributed by atoms with Crippen LogP contribution in [0.4, 0.5) is 4.79 Å². The number of nitrogens with one attached hydrogen (secondary N) is 2. The number of aromatic nitrogens is 1. The maximum absolute atomic E-state index is 11.6. The molecule has 2 aromatic rings. The van der Waals surface area contributed by atoms with E-state index < -0.39 is 42.7 Å². The van der Waals surface area contributed by atoms with E-state index in [2.05, 4.69) is 9.72 Å². The lowest BCUT2D eigenvalue weighted by atomic mass is 10.0. The van der Waals surface area contributed by atoms with Crippen LogP contribution < -0.4 is 5.32 Å². The Morgan fingerprint density at radius 3 is 3.19 bits per heavy atom. The van der Waals surface area contributed by atoms with Crippen LogP contribution in [0.2, 0.25) is 0 Å². The molecule has 1 amide bonds. The summed E-state index contributed by atoms with van der Waals surface area (Å²) in [6.07, 6.45) is -2.27. The molecule has 0 aliphatic carbocycles.